The first-order chi connectivity index (χ1) is 17.9. The van der Waals surface area contributed by atoms with Crippen molar-refractivity contribution in [3.8, 4) is 23.0 Å². The van der Waals surface area contributed by atoms with E-state index in [0.717, 1.165) is 16.7 Å². The van der Waals surface area contributed by atoms with Gasteiger partial charge in [-0.2, -0.15) is 0 Å². The lowest BCUT2D eigenvalue weighted by Crippen LogP contribution is -2.32. The number of esters is 1. The minimum atomic E-state index is -0.630. The molecule has 190 valence electrons. The molecule has 0 aromatic heterocycles. The van der Waals surface area contributed by atoms with Gasteiger partial charge in [-0.25, -0.2) is 4.79 Å². The van der Waals surface area contributed by atoms with Crippen LogP contribution in [0.4, 0.5) is 4.79 Å². The summed E-state index contributed by atoms with van der Waals surface area (Å²) in [4.78, 5) is 39.2. The molecule has 0 radical (unpaired) electrons. The molecule has 1 aliphatic heterocycles. The molecule has 10 heteroatoms. The number of para-hydroxylation sites is 1. The zero-order chi connectivity index (χ0) is 26.4. The van der Waals surface area contributed by atoms with Crippen molar-refractivity contribution in [2.75, 3.05) is 27.4 Å². The minimum Gasteiger partial charge on any atom is -0.497 e. The summed E-state index contributed by atoms with van der Waals surface area (Å²) in [5, 5.41) is -0.293. The van der Waals surface area contributed by atoms with Gasteiger partial charge in [0.1, 0.15) is 18.1 Å². The van der Waals surface area contributed by atoms with Crippen LogP contribution in [0.15, 0.2) is 71.6 Å². The van der Waals surface area contributed by atoms with Crippen LogP contribution in [0.3, 0.4) is 0 Å². The Morgan fingerprint density at radius 1 is 0.973 bits per heavy atom. The second-order valence-electron chi connectivity index (χ2n) is 7.65. The molecule has 2 amide bonds. The van der Waals surface area contributed by atoms with Crippen LogP contribution in [-0.4, -0.2) is 49.4 Å². The predicted octanol–water partition coefficient (Wildman–Crippen LogP) is 5.69. The molecular formula is C27H22ClNO7S. The monoisotopic (exact) mass is 539 g/mol. The van der Waals surface area contributed by atoms with Crippen LogP contribution >= 0.6 is 23.4 Å². The van der Waals surface area contributed by atoms with E-state index in [-0.39, 0.29) is 34.6 Å². The fraction of sp³-hybridized carbons (Fsp3) is 0.148. The van der Waals surface area contributed by atoms with Gasteiger partial charge in [-0.05, 0) is 71.9 Å². The number of nitrogens with zero attached hydrogens (tertiary/aromatic N) is 1. The number of thioether (sulfide) groups is 1. The predicted molar refractivity (Wildman–Crippen MR) is 141 cm³/mol. The van der Waals surface area contributed by atoms with Crippen molar-refractivity contribution >= 4 is 46.6 Å². The van der Waals surface area contributed by atoms with Gasteiger partial charge in [0.15, 0.2) is 11.5 Å². The van der Waals surface area contributed by atoms with Gasteiger partial charge in [-0.15, -0.1) is 0 Å². The maximum absolute atomic E-state index is 12.8. The van der Waals surface area contributed by atoms with Crippen molar-refractivity contribution in [1.29, 1.82) is 0 Å². The largest absolute Gasteiger partial charge is 0.497 e. The van der Waals surface area contributed by atoms with Gasteiger partial charge in [0, 0.05) is 0 Å². The number of amides is 2. The van der Waals surface area contributed by atoms with E-state index in [9.17, 15) is 14.4 Å². The van der Waals surface area contributed by atoms with E-state index in [0.29, 0.717) is 22.6 Å². The Labute approximate surface area is 222 Å². The molecule has 0 saturated carbocycles. The summed E-state index contributed by atoms with van der Waals surface area (Å²) in [5.74, 6) is 0.416. The Bertz CT molecular complexity index is 1340. The minimum absolute atomic E-state index is 0.0355. The van der Waals surface area contributed by atoms with E-state index >= 15 is 0 Å². The molecule has 0 bridgehead atoms. The van der Waals surface area contributed by atoms with Gasteiger partial charge in [0.05, 0.1) is 36.3 Å². The Morgan fingerprint density at radius 3 is 2.38 bits per heavy atom. The normalized spacial score (nSPS) is 14.1. The number of rotatable bonds is 9. The Kier molecular flexibility index (Phi) is 8.37. The molecule has 1 saturated heterocycles. The second kappa shape index (κ2) is 11.9. The van der Waals surface area contributed by atoms with Crippen LogP contribution in [0.25, 0.3) is 6.08 Å². The van der Waals surface area contributed by atoms with Crippen LogP contribution in [0, 0.1) is 0 Å². The molecular weight excluding hydrogens is 518 g/mol. The number of methoxy groups -OCH3 is 2. The van der Waals surface area contributed by atoms with Crippen LogP contribution < -0.4 is 18.9 Å². The molecule has 37 heavy (non-hydrogen) atoms. The maximum Gasteiger partial charge on any atom is 0.343 e. The number of ether oxygens (including phenoxy) is 4. The summed E-state index contributed by atoms with van der Waals surface area (Å²) in [7, 11) is 2.93. The second-order valence-corrected chi connectivity index (χ2v) is 9.05. The number of halogens is 1. The molecule has 0 aliphatic carbocycles. The first kappa shape index (κ1) is 26.1. The van der Waals surface area contributed by atoms with E-state index in [1.54, 1.807) is 42.5 Å². The number of imide groups is 1. The zero-order valence-electron chi connectivity index (χ0n) is 19.9. The molecule has 3 aromatic carbocycles. The summed E-state index contributed by atoms with van der Waals surface area (Å²) in [6.45, 7) is 0.282. The third-order valence-corrected chi connectivity index (χ3v) is 6.46. The van der Waals surface area contributed by atoms with Crippen molar-refractivity contribution in [3.63, 3.8) is 0 Å². The molecule has 0 spiro atoms. The summed E-state index contributed by atoms with van der Waals surface area (Å²) >= 11 is 7.23. The van der Waals surface area contributed by atoms with E-state index < -0.39 is 17.1 Å². The van der Waals surface area contributed by atoms with E-state index in [2.05, 4.69) is 0 Å². The topological polar surface area (TPSA) is 91.4 Å². The first-order valence-corrected chi connectivity index (χ1v) is 12.3. The number of benzene rings is 3. The third-order valence-electron chi connectivity index (χ3n) is 5.27. The van der Waals surface area contributed by atoms with Gasteiger partial charge < -0.3 is 18.9 Å². The number of carbonyl (C=O) groups is 3. The average Bonchev–Trinajstić information content (AvgIpc) is 3.17. The van der Waals surface area contributed by atoms with Gasteiger partial charge in [0.2, 0.25) is 0 Å². The highest BCUT2D eigenvalue weighted by molar-refractivity contribution is 8.18. The highest BCUT2D eigenvalue weighted by Crippen LogP contribution is 2.39. The standard InChI is InChI=1S/C27H22ClNO7S/c1-33-19-10-8-18(9-11-19)26(31)36-24-21(28)14-17(15-22(24)34-2)16-23-25(30)29(27(32)37-23)12-13-35-20-6-4-3-5-7-20/h3-11,14-16H,12-13H2,1-2H3/b23-16-. The SMILES string of the molecule is COc1ccc(C(=O)Oc2c(Cl)cc(/C=C3\SC(=O)N(CCOc4ccccc4)C3=O)cc2OC)cc1. The molecule has 0 N–H and O–H groups in total. The summed E-state index contributed by atoms with van der Waals surface area (Å²) < 4.78 is 21.5. The first-order valence-electron chi connectivity index (χ1n) is 11.1. The van der Waals surface area contributed by atoms with Crippen LogP contribution in [0.1, 0.15) is 15.9 Å². The summed E-state index contributed by atoms with van der Waals surface area (Å²) in [6.07, 6.45) is 1.53. The maximum atomic E-state index is 12.8. The highest BCUT2D eigenvalue weighted by Gasteiger charge is 2.35. The zero-order valence-corrected chi connectivity index (χ0v) is 21.5. The quantitative estimate of drug-likeness (QED) is 0.194. The fourth-order valence-corrected chi connectivity index (χ4v) is 4.54. The molecule has 0 atom stereocenters. The lowest BCUT2D eigenvalue weighted by atomic mass is 10.1. The van der Waals surface area contributed by atoms with E-state index in [1.165, 1.54) is 26.4 Å². The van der Waals surface area contributed by atoms with Crippen molar-refractivity contribution in [2.24, 2.45) is 0 Å². The van der Waals surface area contributed by atoms with Crippen LogP contribution in [0.5, 0.6) is 23.0 Å². The molecule has 1 aliphatic rings. The van der Waals surface area contributed by atoms with Gasteiger partial charge in [-0.3, -0.25) is 14.5 Å². The van der Waals surface area contributed by atoms with Crippen LogP contribution in [0.2, 0.25) is 5.02 Å². The number of hydrogen-bond acceptors (Lipinski definition) is 8. The van der Waals surface area contributed by atoms with Crippen molar-refractivity contribution in [3.05, 3.63) is 87.8 Å². The van der Waals surface area contributed by atoms with Crippen molar-refractivity contribution in [2.45, 2.75) is 0 Å². The van der Waals surface area contributed by atoms with Crippen molar-refractivity contribution < 1.29 is 33.3 Å². The van der Waals surface area contributed by atoms with Gasteiger partial charge in [-0.1, -0.05) is 29.8 Å². The van der Waals surface area contributed by atoms with Crippen molar-refractivity contribution in [1.82, 2.24) is 4.90 Å². The molecule has 0 unspecified atom stereocenters. The Balaban J connectivity index is 1.47. The fourth-order valence-electron chi connectivity index (χ4n) is 3.42. The molecule has 4 rings (SSSR count). The highest BCUT2D eigenvalue weighted by atomic mass is 35.5. The molecule has 1 heterocycles. The molecule has 3 aromatic rings. The Morgan fingerprint density at radius 2 is 1.70 bits per heavy atom. The summed E-state index contributed by atoms with van der Waals surface area (Å²) in [6, 6.07) is 18.6. The number of carbonyl (C=O) groups excluding carboxylic acids is 3. The Hall–Kier alpha value is -3.95. The lowest BCUT2D eigenvalue weighted by molar-refractivity contribution is -0.123. The average molecular weight is 540 g/mol. The van der Waals surface area contributed by atoms with Crippen LogP contribution in [-0.2, 0) is 4.79 Å². The summed E-state index contributed by atoms with van der Waals surface area (Å²) in [5.41, 5.74) is 0.796. The smallest absolute Gasteiger partial charge is 0.343 e. The molecule has 8 nitrogen and oxygen atoms in total. The van der Waals surface area contributed by atoms with E-state index in [1.807, 2.05) is 18.2 Å². The van der Waals surface area contributed by atoms with E-state index in [4.69, 9.17) is 30.5 Å². The molecule has 1 fully saturated rings. The number of hydrogen-bond donors (Lipinski definition) is 0. The van der Waals surface area contributed by atoms with Gasteiger partial charge in [0.25, 0.3) is 11.1 Å². The lowest BCUT2D eigenvalue weighted by Gasteiger charge is -2.13. The van der Waals surface area contributed by atoms with Gasteiger partial charge >= 0.3 is 5.97 Å². The third kappa shape index (κ3) is 6.25.